The number of benzene rings is 1. The summed E-state index contributed by atoms with van der Waals surface area (Å²) in [5.41, 5.74) is 7.18. The number of hydrogen-bond donors (Lipinski definition) is 4. The highest BCUT2D eigenvalue weighted by atomic mass is 16.4. The first-order valence-corrected chi connectivity index (χ1v) is 5.31. The standard InChI is InChI=1S/C12H14N2O3/c13-11(12(16)17)10(15)5-7-6-14-9-4-2-1-3-8(7)9/h1-4,6,10-11,14-15H,5,13H2,(H,16,17). The number of aliphatic hydroxyl groups excluding tert-OH is 1. The molecule has 1 heterocycles. The van der Waals surface area contributed by atoms with Crippen molar-refractivity contribution >= 4 is 16.9 Å². The largest absolute Gasteiger partial charge is 0.480 e. The Morgan fingerprint density at radius 2 is 2.12 bits per heavy atom. The molecule has 1 aromatic carbocycles. The van der Waals surface area contributed by atoms with Crippen LogP contribution in [0, 0.1) is 0 Å². The summed E-state index contributed by atoms with van der Waals surface area (Å²) >= 11 is 0. The monoisotopic (exact) mass is 234 g/mol. The minimum absolute atomic E-state index is 0.220. The summed E-state index contributed by atoms with van der Waals surface area (Å²) in [7, 11) is 0. The van der Waals surface area contributed by atoms with Gasteiger partial charge in [-0.3, -0.25) is 4.79 Å². The molecule has 0 bridgehead atoms. The lowest BCUT2D eigenvalue weighted by Gasteiger charge is -2.14. The van der Waals surface area contributed by atoms with Crippen molar-refractivity contribution in [3.05, 3.63) is 36.0 Å². The number of H-pyrrole nitrogens is 1. The molecule has 1 aromatic heterocycles. The molecule has 0 fully saturated rings. The normalized spacial score (nSPS) is 14.7. The maximum Gasteiger partial charge on any atom is 0.323 e. The van der Waals surface area contributed by atoms with Gasteiger partial charge >= 0.3 is 5.97 Å². The number of para-hydroxylation sites is 1. The molecular formula is C12H14N2O3. The van der Waals surface area contributed by atoms with Crippen LogP contribution in [0.1, 0.15) is 5.56 Å². The summed E-state index contributed by atoms with van der Waals surface area (Å²) < 4.78 is 0. The molecule has 5 nitrogen and oxygen atoms in total. The Balaban J connectivity index is 2.21. The number of hydrogen-bond acceptors (Lipinski definition) is 3. The summed E-state index contributed by atoms with van der Waals surface area (Å²) in [4.78, 5) is 13.7. The van der Waals surface area contributed by atoms with Gasteiger partial charge in [0, 0.05) is 23.5 Å². The van der Waals surface area contributed by atoms with E-state index in [0.717, 1.165) is 16.5 Å². The highest BCUT2D eigenvalue weighted by Crippen LogP contribution is 2.19. The number of nitrogens with one attached hydrogen (secondary N) is 1. The maximum absolute atomic E-state index is 10.6. The average Bonchev–Trinajstić information content (AvgIpc) is 2.71. The second-order valence-electron chi connectivity index (χ2n) is 3.99. The van der Waals surface area contributed by atoms with Crippen molar-refractivity contribution in [2.45, 2.75) is 18.6 Å². The van der Waals surface area contributed by atoms with Crippen LogP contribution in [-0.2, 0) is 11.2 Å². The van der Waals surface area contributed by atoms with Crippen LogP contribution >= 0.6 is 0 Å². The molecule has 0 aliphatic heterocycles. The quantitative estimate of drug-likeness (QED) is 0.618. The smallest absolute Gasteiger partial charge is 0.323 e. The van der Waals surface area contributed by atoms with Gasteiger partial charge in [0.25, 0.3) is 0 Å². The fraction of sp³-hybridized carbons (Fsp3) is 0.250. The first-order valence-electron chi connectivity index (χ1n) is 5.31. The van der Waals surface area contributed by atoms with Crippen molar-refractivity contribution in [3.8, 4) is 0 Å². The molecule has 2 unspecified atom stereocenters. The van der Waals surface area contributed by atoms with Crippen LogP contribution < -0.4 is 5.73 Å². The van der Waals surface area contributed by atoms with Gasteiger partial charge in [0.1, 0.15) is 6.04 Å². The third-order valence-corrected chi connectivity index (χ3v) is 2.80. The van der Waals surface area contributed by atoms with Crippen LogP contribution in [0.5, 0.6) is 0 Å². The van der Waals surface area contributed by atoms with Crippen molar-refractivity contribution in [2.24, 2.45) is 5.73 Å². The summed E-state index contributed by atoms with van der Waals surface area (Å²) in [5, 5.41) is 19.4. The van der Waals surface area contributed by atoms with Crippen LogP contribution in [-0.4, -0.2) is 33.3 Å². The van der Waals surface area contributed by atoms with E-state index in [4.69, 9.17) is 10.8 Å². The number of carboxylic acid groups (broad SMARTS) is 1. The number of carbonyl (C=O) groups is 1. The second-order valence-corrected chi connectivity index (χ2v) is 3.99. The van der Waals surface area contributed by atoms with E-state index in [-0.39, 0.29) is 6.42 Å². The Hall–Kier alpha value is -1.85. The van der Waals surface area contributed by atoms with Crippen LogP contribution in [0.3, 0.4) is 0 Å². The summed E-state index contributed by atoms with van der Waals surface area (Å²) in [6.45, 7) is 0. The molecule has 0 saturated heterocycles. The van der Waals surface area contributed by atoms with Crippen molar-refractivity contribution < 1.29 is 15.0 Å². The number of aliphatic hydroxyl groups is 1. The van der Waals surface area contributed by atoms with E-state index in [0.29, 0.717) is 0 Å². The SMILES string of the molecule is NC(C(=O)O)C(O)Cc1c[nH]c2ccccc12. The molecule has 0 spiro atoms. The van der Waals surface area contributed by atoms with Crippen LogP contribution in [0.25, 0.3) is 10.9 Å². The third-order valence-electron chi connectivity index (χ3n) is 2.80. The lowest BCUT2D eigenvalue weighted by molar-refractivity contribution is -0.141. The number of aliphatic carboxylic acids is 1. The lowest BCUT2D eigenvalue weighted by atomic mass is 10.0. The number of carboxylic acids is 1. The summed E-state index contributed by atoms with van der Waals surface area (Å²) in [6.07, 6.45) is 0.895. The first kappa shape index (κ1) is 11.6. The number of aromatic amines is 1. The molecular weight excluding hydrogens is 220 g/mol. The van der Waals surface area contributed by atoms with Gasteiger partial charge in [-0.25, -0.2) is 0 Å². The third kappa shape index (κ3) is 2.30. The summed E-state index contributed by atoms with van der Waals surface area (Å²) in [6, 6.07) is 6.37. The van der Waals surface area contributed by atoms with Gasteiger partial charge in [-0.05, 0) is 11.6 Å². The minimum atomic E-state index is -1.26. The number of aromatic nitrogens is 1. The van der Waals surface area contributed by atoms with Crippen LogP contribution in [0.4, 0.5) is 0 Å². The predicted molar refractivity (Wildman–Crippen MR) is 63.6 cm³/mol. The zero-order valence-corrected chi connectivity index (χ0v) is 9.13. The topological polar surface area (TPSA) is 99.3 Å². The molecule has 2 rings (SSSR count). The molecule has 0 amide bonds. The highest BCUT2D eigenvalue weighted by Gasteiger charge is 2.22. The minimum Gasteiger partial charge on any atom is -0.480 e. The Labute approximate surface area is 97.9 Å². The van der Waals surface area contributed by atoms with E-state index in [1.165, 1.54) is 0 Å². The Morgan fingerprint density at radius 3 is 2.82 bits per heavy atom. The molecule has 0 radical (unpaired) electrons. The molecule has 90 valence electrons. The van der Waals surface area contributed by atoms with E-state index in [9.17, 15) is 9.90 Å². The van der Waals surface area contributed by atoms with Gasteiger partial charge < -0.3 is 20.9 Å². The van der Waals surface area contributed by atoms with Crippen molar-refractivity contribution in [1.29, 1.82) is 0 Å². The van der Waals surface area contributed by atoms with Crippen molar-refractivity contribution in [3.63, 3.8) is 0 Å². The van der Waals surface area contributed by atoms with E-state index in [2.05, 4.69) is 4.98 Å². The molecule has 0 aliphatic carbocycles. The molecule has 0 aliphatic rings. The van der Waals surface area contributed by atoms with E-state index in [1.54, 1.807) is 6.20 Å². The Bertz CT molecular complexity index is 535. The zero-order valence-electron chi connectivity index (χ0n) is 9.13. The molecule has 17 heavy (non-hydrogen) atoms. The van der Waals surface area contributed by atoms with E-state index in [1.807, 2.05) is 24.3 Å². The fourth-order valence-corrected chi connectivity index (χ4v) is 1.82. The highest BCUT2D eigenvalue weighted by molar-refractivity contribution is 5.83. The van der Waals surface area contributed by atoms with Gasteiger partial charge in [-0.2, -0.15) is 0 Å². The molecule has 5 N–H and O–H groups in total. The molecule has 0 saturated carbocycles. The molecule has 2 aromatic rings. The van der Waals surface area contributed by atoms with Crippen molar-refractivity contribution in [1.82, 2.24) is 4.98 Å². The number of fused-ring (bicyclic) bond motifs is 1. The van der Waals surface area contributed by atoms with Crippen LogP contribution in [0.2, 0.25) is 0 Å². The molecule has 5 heteroatoms. The summed E-state index contributed by atoms with van der Waals surface area (Å²) in [5.74, 6) is -1.20. The zero-order chi connectivity index (χ0) is 12.4. The van der Waals surface area contributed by atoms with Gasteiger partial charge in [0.05, 0.1) is 6.10 Å². The van der Waals surface area contributed by atoms with Gasteiger partial charge in [-0.15, -0.1) is 0 Å². The Kier molecular flexibility index (Phi) is 3.12. The van der Waals surface area contributed by atoms with Crippen LogP contribution in [0.15, 0.2) is 30.5 Å². The van der Waals surface area contributed by atoms with Gasteiger partial charge in [0.2, 0.25) is 0 Å². The predicted octanol–water partition coefficient (Wildman–Crippen LogP) is 0.483. The van der Waals surface area contributed by atoms with Crippen molar-refractivity contribution in [2.75, 3.05) is 0 Å². The van der Waals surface area contributed by atoms with Gasteiger partial charge in [-0.1, -0.05) is 18.2 Å². The first-order chi connectivity index (χ1) is 8.09. The number of rotatable bonds is 4. The van der Waals surface area contributed by atoms with E-state index < -0.39 is 18.1 Å². The maximum atomic E-state index is 10.6. The second kappa shape index (κ2) is 4.57. The fourth-order valence-electron chi connectivity index (χ4n) is 1.82. The lowest BCUT2D eigenvalue weighted by Crippen LogP contribution is -2.42. The van der Waals surface area contributed by atoms with Gasteiger partial charge in [0.15, 0.2) is 0 Å². The number of nitrogens with two attached hydrogens (primary N) is 1. The Morgan fingerprint density at radius 1 is 1.41 bits per heavy atom. The average molecular weight is 234 g/mol. The molecule has 2 atom stereocenters. The van der Waals surface area contributed by atoms with E-state index >= 15 is 0 Å².